The van der Waals surface area contributed by atoms with Gasteiger partial charge in [-0.15, -0.1) is 0 Å². The lowest BCUT2D eigenvalue weighted by Gasteiger charge is -2.30. The summed E-state index contributed by atoms with van der Waals surface area (Å²) in [5.41, 5.74) is 0.696. The zero-order valence-corrected chi connectivity index (χ0v) is 23.5. The Morgan fingerprint density at radius 3 is 1.53 bits per heavy atom. The van der Waals surface area contributed by atoms with E-state index < -0.39 is 11.9 Å². The molecule has 0 saturated carbocycles. The molecular formula is C32H54O4. The molecule has 0 aliphatic heterocycles. The monoisotopic (exact) mass is 502 g/mol. The third kappa shape index (κ3) is 12.4. The highest BCUT2D eigenvalue weighted by Gasteiger charge is 2.29. The smallest absolute Gasteiger partial charge is 0.336 e. The number of hydrogen-bond donors (Lipinski definition) is 2. The van der Waals surface area contributed by atoms with Crippen molar-refractivity contribution in [2.24, 2.45) is 5.92 Å². The van der Waals surface area contributed by atoms with Crippen molar-refractivity contribution in [1.29, 1.82) is 0 Å². The molecule has 2 atom stereocenters. The Labute approximate surface area is 221 Å². The highest BCUT2D eigenvalue weighted by molar-refractivity contribution is 6.02. The third-order valence-electron chi connectivity index (χ3n) is 7.74. The van der Waals surface area contributed by atoms with Crippen LogP contribution in [-0.4, -0.2) is 22.2 Å². The van der Waals surface area contributed by atoms with Gasteiger partial charge in [0.15, 0.2) is 0 Å². The highest BCUT2D eigenvalue weighted by Crippen LogP contribution is 2.39. The van der Waals surface area contributed by atoms with Gasteiger partial charge in [-0.2, -0.15) is 0 Å². The van der Waals surface area contributed by atoms with Gasteiger partial charge in [-0.1, -0.05) is 136 Å². The fourth-order valence-electron chi connectivity index (χ4n) is 5.65. The summed E-state index contributed by atoms with van der Waals surface area (Å²) >= 11 is 0. The van der Waals surface area contributed by atoms with Gasteiger partial charge in [0, 0.05) is 0 Å². The average Bonchev–Trinajstić information content (AvgIpc) is 2.86. The Balaban J connectivity index is 3.16. The molecule has 0 fully saturated rings. The van der Waals surface area contributed by atoms with Gasteiger partial charge in [0.1, 0.15) is 0 Å². The fraction of sp³-hybridized carbons (Fsp3) is 0.750. The van der Waals surface area contributed by atoms with Crippen molar-refractivity contribution in [2.75, 3.05) is 0 Å². The van der Waals surface area contributed by atoms with Crippen LogP contribution < -0.4 is 0 Å². The van der Waals surface area contributed by atoms with Crippen molar-refractivity contribution in [1.82, 2.24) is 0 Å². The lowest BCUT2D eigenvalue weighted by molar-refractivity contribution is 0.0649. The van der Waals surface area contributed by atoms with Crippen LogP contribution in [-0.2, 0) is 0 Å². The summed E-state index contributed by atoms with van der Waals surface area (Å²) in [6, 6.07) is 5.09. The van der Waals surface area contributed by atoms with Crippen LogP contribution in [0.1, 0.15) is 175 Å². The van der Waals surface area contributed by atoms with E-state index in [1.54, 1.807) is 6.07 Å². The van der Waals surface area contributed by atoms with E-state index in [2.05, 4.69) is 20.8 Å². The predicted molar refractivity (Wildman–Crippen MR) is 151 cm³/mol. The summed E-state index contributed by atoms with van der Waals surface area (Å²) < 4.78 is 0. The maximum atomic E-state index is 12.3. The molecule has 0 aromatic heterocycles. The Hall–Kier alpha value is -1.84. The zero-order chi connectivity index (χ0) is 26.6. The number of carbonyl (C=O) groups is 2. The topological polar surface area (TPSA) is 74.6 Å². The molecule has 0 aliphatic rings. The van der Waals surface area contributed by atoms with E-state index in [4.69, 9.17) is 0 Å². The second kappa shape index (κ2) is 20.2. The first-order valence-corrected chi connectivity index (χ1v) is 15.1. The van der Waals surface area contributed by atoms with Crippen LogP contribution in [0.5, 0.6) is 0 Å². The van der Waals surface area contributed by atoms with Crippen molar-refractivity contribution in [3.63, 3.8) is 0 Å². The first kappa shape index (κ1) is 32.2. The number of carboxylic acids is 2. The first-order chi connectivity index (χ1) is 17.5. The quantitative estimate of drug-likeness (QED) is 0.146. The van der Waals surface area contributed by atoms with Gasteiger partial charge in [0.25, 0.3) is 0 Å². The SMILES string of the molecule is CCCCCCCCCC(c1cccc(C(=O)O)c1C(=O)O)C(CCCCCC)CCCCCCC. The highest BCUT2D eigenvalue weighted by atomic mass is 16.4. The molecule has 2 unspecified atom stereocenters. The normalized spacial score (nSPS) is 13.0. The lowest BCUT2D eigenvalue weighted by Crippen LogP contribution is -2.20. The summed E-state index contributed by atoms with van der Waals surface area (Å²) in [5.74, 6) is -1.74. The molecule has 36 heavy (non-hydrogen) atoms. The van der Waals surface area contributed by atoms with Gasteiger partial charge in [0.05, 0.1) is 11.1 Å². The molecule has 4 nitrogen and oxygen atoms in total. The van der Waals surface area contributed by atoms with Crippen LogP contribution in [0.25, 0.3) is 0 Å². The molecule has 206 valence electrons. The van der Waals surface area contributed by atoms with Crippen LogP contribution in [0, 0.1) is 5.92 Å². The third-order valence-corrected chi connectivity index (χ3v) is 7.74. The summed E-state index contributed by atoms with van der Waals surface area (Å²) in [5, 5.41) is 19.8. The Bertz CT molecular complexity index is 727. The molecule has 1 rings (SSSR count). The number of carboxylic acid groups (broad SMARTS) is 2. The standard InChI is InChI=1S/C32H54O4/c1-4-7-10-13-14-16-19-23-27(28-24-20-25-29(31(33)34)30(28)32(35)36)26(21-17-12-9-6-3)22-18-15-11-8-5-2/h20,24-27H,4-19,21-23H2,1-3H3,(H,33,34)(H,35,36). The molecule has 2 N–H and O–H groups in total. The van der Waals surface area contributed by atoms with Crippen LogP contribution >= 0.6 is 0 Å². The van der Waals surface area contributed by atoms with Crippen molar-refractivity contribution in [3.05, 3.63) is 34.9 Å². The van der Waals surface area contributed by atoms with Crippen LogP contribution in [0.2, 0.25) is 0 Å². The van der Waals surface area contributed by atoms with E-state index >= 15 is 0 Å². The second-order valence-electron chi connectivity index (χ2n) is 10.7. The van der Waals surface area contributed by atoms with Gasteiger partial charge < -0.3 is 10.2 Å². The second-order valence-corrected chi connectivity index (χ2v) is 10.7. The summed E-state index contributed by atoms with van der Waals surface area (Å²) in [7, 11) is 0. The Morgan fingerprint density at radius 2 is 1.06 bits per heavy atom. The molecule has 0 spiro atoms. The van der Waals surface area contributed by atoms with Gasteiger partial charge in [-0.05, 0) is 42.7 Å². The van der Waals surface area contributed by atoms with E-state index in [0.29, 0.717) is 5.92 Å². The van der Waals surface area contributed by atoms with E-state index in [0.717, 1.165) is 31.2 Å². The van der Waals surface area contributed by atoms with Gasteiger partial charge in [-0.25, -0.2) is 9.59 Å². The molecule has 1 aromatic rings. The van der Waals surface area contributed by atoms with Crippen molar-refractivity contribution in [2.45, 2.75) is 149 Å². The van der Waals surface area contributed by atoms with Gasteiger partial charge in [0.2, 0.25) is 0 Å². The average molecular weight is 503 g/mol. The summed E-state index contributed by atoms with van der Waals surface area (Å²) in [4.78, 5) is 24.2. The largest absolute Gasteiger partial charge is 0.478 e. The molecule has 4 heteroatoms. The van der Waals surface area contributed by atoms with Crippen LogP contribution in [0.15, 0.2) is 18.2 Å². The zero-order valence-electron chi connectivity index (χ0n) is 23.5. The van der Waals surface area contributed by atoms with Gasteiger partial charge in [-0.3, -0.25) is 0 Å². The maximum Gasteiger partial charge on any atom is 0.336 e. The molecule has 0 bridgehead atoms. The van der Waals surface area contributed by atoms with Crippen LogP contribution in [0.4, 0.5) is 0 Å². The van der Waals surface area contributed by atoms with E-state index in [1.807, 2.05) is 6.07 Å². The molecule has 0 radical (unpaired) electrons. The number of aromatic carboxylic acids is 2. The lowest BCUT2D eigenvalue weighted by atomic mass is 9.75. The number of hydrogen-bond acceptors (Lipinski definition) is 2. The molecule has 1 aromatic carbocycles. The van der Waals surface area contributed by atoms with Crippen molar-refractivity contribution >= 4 is 11.9 Å². The fourth-order valence-corrected chi connectivity index (χ4v) is 5.65. The summed E-state index contributed by atoms with van der Waals surface area (Å²) in [6.07, 6.45) is 22.7. The number of benzene rings is 1. The van der Waals surface area contributed by atoms with E-state index in [1.165, 1.54) is 102 Å². The number of unbranched alkanes of at least 4 members (excludes halogenated alkanes) is 13. The predicted octanol–water partition coefficient (Wildman–Crippen LogP) is 10.3. The van der Waals surface area contributed by atoms with Crippen LogP contribution in [0.3, 0.4) is 0 Å². The maximum absolute atomic E-state index is 12.3. The molecule has 0 heterocycles. The van der Waals surface area contributed by atoms with E-state index in [9.17, 15) is 19.8 Å². The molecule has 0 saturated heterocycles. The Kier molecular flexibility index (Phi) is 18.1. The minimum atomic E-state index is -1.15. The first-order valence-electron chi connectivity index (χ1n) is 15.1. The van der Waals surface area contributed by atoms with Gasteiger partial charge >= 0.3 is 11.9 Å². The molecule has 0 aliphatic carbocycles. The Morgan fingerprint density at radius 1 is 0.611 bits per heavy atom. The minimum Gasteiger partial charge on any atom is -0.478 e. The minimum absolute atomic E-state index is 0.0162. The molecule has 0 amide bonds. The summed E-state index contributed by atoms with van der Waals surface area (Å²) in [6.45, 7) is 6.70. The van der Waals surface area contributed by atoms with Crippen molar-refractivity contribution in [3.8, 4) is 0 Å². The molecular weight excluding hydrogens is 448 g/mol. The van der Waals surface area contributed by atoms with Crippen molar-refractivity contribution < 1.29 is 19.8 Å². The van der Waals surface area contributed by atoms with E-state index in [-0.39, 0.29) is 17.0 Å². The number of rotatable bonds is 23.